The fourth-order valence-corrected chi connectivity index (χ4v) is 2.86. The van der Waals surface area contributed by atoms with Crippen molar-refractivity contribution in [3.8, 4) is 5.75 Å². The molecule has 0 radical (unpaired) electrons. The molecule has 3 amide bonds. The number of carbonyl (C=O) groups excluding carboxylic acids is 2. The zero-order valence-electron chi connectivity index (χ0n) is 16.7. The number of nitrogens with one attached hydrogen (secondary N) is 2. The van der Waals surface area contributed by atoms with E-state index in [1.165, 1.54) is 0 Å². The number of hydrogen-bond donors (Lipinski definition) is 2. The van der Waals surface area contributed by atoms with Crippen molar-refractivity contribution in [2.24, 2.45) is 0 Å². The third-order valence-corrected chi connectivity index (χ3v) is 4.15. The van der Waals surface area contributed by atoms with Crippen LogP contribution >= 0.6 is 0 Å². The molecule has 1 aromatic rings. The number of hydrogen-bond acceptors (Lipinski definition) is 5. The Morgan fingerprint density at radius 3 is 2.67 bits per heavy atom. The number of amides is 3. The lowest BCUT2D eigenvalue weighted by Crippen LogP contribution is -2.58. The van der Waals surface area contributed by atoms with Gasteiger partial charge in [0.1, 0.15) is 11.4 Å². The molecule has 150 valence electrons. The molecule has 27 heavy (non-hydrogen) atoms. The summed E-state index contributed by atoms with van der Waals surface area (Å²) in [6.45, 7) is 7.78. The summed E-state index contributed by atoms with van der Waals surface area (Å²) in [5, 5.41) is 5.67. The van der Waals surface area contributed by atoms with Gasteiger partial charge in [0.15, 0.2) is 0 Å². The fraction of sp³-hybridized carbons (Fsp3) is 0.579. The second-order valence-corrected chi connectivity index (χ2v) is 7.65. The van der Waals surface area contributed by atoms with E-state index in [4.69, 9.17) is 9.47 Å². The van der Waals surface area contributed by atoms with Crippen LogP contribution in [0.5, 0.6) is 5.75 Å². The summed E-state index contributed by atoms with van der Waals surface area (Å²) in [5.74, 6) is 0.675. The molecule has 1 aliphatic heterocycles. The minimum atomic E-state index is -0.559. The van der Waals surface area contributed by atoms with E-state index in [0.29, 0.717) is 31.1 Å². The predicted octanol–water partition coefficient (Wildman–Crippen LogP) is 2.37. The molecule has 1 fully saturated rings. The number of rotatable bonds is 4. The number of anilines is 1. The van der Waals surface area contributed by atoms with Crippen LogP contribution in [0.15, 0.2) is 24.3 Å². The number of nitrogens with zero attached hydrogens (tertiary/aromatic N) is 2. The van der Waals surface area contributed by atoms with Crippen molar-refractivity contribution in [3.05, 3.63) is 24.3 Å². The minimum absolute atomic E-state index is 0.151. The number of piperazine rings is 1. The number of methoxy groups -OCH3 is 1. The molecule has 0 saturated carbocycles. The van der Waals surface area contributed by atoms with Gasteiger partial charge in [-0.3, -0.25) is 0 Å². The van der Waals surface area contributed by atoms with Crippen LogP contribution in [0.4, 0.5) is 15.3 Å². The molecule has 1 heterocycles. The Hall–Kier alpha value is -2.48. The van der Waals surface area contributed by atoms with Gasteiger partial charge in [-0.1, -0.05) is 6.07 Å². The molecule has 0 bridgehead atoms. The Morgan fingerprint density at radius 2 is 2.00 bits per heavy atom. The monoisotopic (exact) mass is 378 g/mol. The summed E-state index contributed by atoms with van der Waals surface area (Å²) in [5.41, 5.74) is 0.105. The van der Waals surface area contributed by atoms with Crippen LogP contribution in [0.1, 0.15) is 20.8 Å². The van der Waals surface area contributed by atoms with Crippen molar-refractivity contribution in [2.75, 3.05) is 45.7 Å². The van der Waals surface area contributed by atoms with E-state index in [2.05, 4.69) is 15.5 Å². The summed E-state index contributed by atoms with van der Waals surface area (Å²) in [7, 11) is 3.58. The van der Waals surface area contributed by atoms with Crippen LogP contribution in [0.3, 0.4) is 0 Å². The van der Waals surface area contributed by atoms with Crippen LogP contribution in [0.25, 0.3) is 0 Å². The van der Waals surface area contributed by atoms with Gasteiger partial charge in [-0.15, -0.1) is 0 Å². The highest BCUT2D eigenvalue weighted by atomic mass is 16.6. The molecule has 0 spiro atoms. The smallest absolute Gasteiger partial charge is 0.407 e. The maximum absolute atomic E-state index is 12.8. The normalized spacial score (nSPS) is 18.0. The van der Waals surface area contributed by atoms with Crippen LogP contribution < -0.4 is 15.4 Å². The molecular weight excluding hydrogens is 348 g/mol. The van der Waals surface area contributed by atoms with Gasteiger partial charge in [-0.25, -0.2) is 9.59 Å². The third-order valence-electron chi connectivity index (χ3n) is 4.15. The van der Waals surface area contributed by atoms with Gasteiger partial charge in [-0.05, 0) is 40.0 Å². The molecule has 8 heteroatoms. The summed E-state index contributed by atoms with van der Waals surface area (Å²) in [6, 6.07) is 6.86. The molecular formula is C19H30N4O4. The van der Waals surface area contributed by atoms with Gasteiger partial charge < -0.3 is 29.9 Å². The standard InChI is InChI=1S/C19H30N4O4/c1-19(2,3)27-18(25)20-12-15-13-22(4)9-10-23(15)17(24)21-14-7-6-8-16(11-14)26-5/h6-8,11,15H,9-10,12-13H2,1-5H3,(H,20,25)(H,21,24). The van der Waals surface area contributed by atoms with Crippen LogP contribution in [0, 0.1) is 0 Å². The third kappa shape index (κ3) is 6.63. The Balaban J connectivity index is 1.99. The fourth-order valence-electron chi connectivity index (χ4n) is 2.86. The zero-order valence-corrected chi connectivity index (χ0v) is 16.7. The molecule has 1 saturated heterocycles. The number of carbonyl (C=O) groups is 2. The van der Waals surface area contributed by atoms with Gasteiger partial charge in [-0.2, -0.15) is 0 Å². The first kappa shape index (κ1) is 20.8. The largest absolute Gasteiger partial charge is 0.497 e. The van der Waals surface area contributed by atoms with Crippen LogP contribution in [-0.2, 0) is 4.74 Å². The molecule has 0 aromatic heterocycles. The Kier molecular flexibility index (Phi) is 6.90. The second-order valence-electron chi connectivity index (χ2n) is 7.65. The lowest BCUT2D eigenvalue weighted by molar-refractivity contribution is 0.0490. The molecule has 2 N–H and O–H groups in total. The second kappa shape index (κ2) is 8.94. The lowest BCUT2D eigenvalue weighted by atomic mass is 10.1. The van der Waals surface area contributed by atoms with Crippen molar-refractivity contribution in [2.45, 2.75) is 32.4 Å². The predicted molar refractivity (Wildman–Crippen MR) is 104 cm³/mol. The Bertz CT molecular complexity index is 659. The molecule has 1 atom stereocenters. The average molecular weight is 378 g/mol. The Labute approximate surface area is 160 Å². The molecule has 1 aliphatic rings. The van der Waals surface area contributed by atoms with Crippen molar-refractivity contribution in [3.63, 3.8) is 0 Å². The van der Waals surface area contributed by atoms with Crippen molar-refractivity contribution >= 4 is 17.8 Å². The maximum Gasteiger partial charge on any atom is 0.407 e. The summed E-state index contributed by atoms with van der Waals surface area (Å²) >= 11 is 0. The quantitative estimate of drug-likeness (QED) is 0.840. The topological polar surface area (TPSA) is 83.1 Å². The highest BCUT2D eigenvalue weighted by Gasteiger charge is 2.30. The number of benzene rings is 1. The number of urea groups is 1. The lowest BCUT2D eigenvalue weighted by Gasteiger charge is -2.40. The molecule has 0 aliphatic carbocycles. The van der Waals surface area contributed by atoms with Crippen molar-refractivity contribution < 1.29 is 19.1 Å². The first-order valence-electron chi connectivity index (χ1n) is 9.05. The van der Waals surface area contributed by atoms with Crippen molar-refractivity contribution in [1.29, 1.82) is 0 Å². The van der Waals surface area contributed by atoms with Gasteiger partial charge in [0, 0.05) is 37.9 Å². The zero-order chi connectivity index (χ0) is 20.0. The van der Waals surface area contributed by atoms with Crippen molar-refractivity contribution in [1.82, 2.24) is 15.1 Å². The van der Waals surface area contributed by atoms with E-state index in [1.807, 2.05) is 46.0 Å². The average Bonchev–Trinajstić information content (AvgIpc) is 2.58. The highest BCUT2D eigenvalue weighted by Crippen LogP contribution is 2.18. The summed E-state index contributed by atoms with van der Waals surface area (Å²) in [6.07, 6.45) is -0.483. The first-order valence-corrected chi connectivity index (χ1v) is 9.05. The highest BCUT2D eigenvalue weighted by molar-refractivity contribution is 5.90. The van der Waals surface area contributed by atoms with Gasteiger partial charge in [0.25, 0.3) is 0 Å². The van der Waals surface area contributed by atoms with E-state index in [9.17, 15) is 9.59 Å². The van der Waals surface area contributed by atoms with E-state index in [1.54, 1.807) is 18.1 Å². The number of likely N-dealkylation sites (N-methyl/N-ethyl adjacent to an activating group) is 1. The summed E-state index contributed by atoms with van der Waals surface area (Å²) in [4.78, 5) is 28.6. The minimum Gasteiger partial charge on any atom is -0.497 e. The molecule has 1 unspecified atom stereocenters. The summed E-state index contributed by atoms with van der Waals surface area (Å²) < 4.78 is 10.5. The Morgan fingerprint density at radius 1 is 1.26 bits per heavy atom. The SMILES string of the molecule is COc1cccc(NC(=O)N2CCN(C)CC2CNC(=O)OC(C)(C)C)c1. The number of ether oxygens (including phenoxy) is 2. The molecule has 1 aromatic carbocycles. The van der Waals surface area contributed by atoms with E-state index < -0.39 is 11.7 Å². The van der Waals surface area contributed by atoms with Gasteiger partial charge >= 0.3 is 12.1 Å². The van der Waals surface area contributed by atoms with Gasteiger partial charge in [0.05, 0.1) is 13.2 Å². The van der Waals surface area contributed by atoms with E-state index >= 15 is 0 Å². The van der Waals surface area contributed by atoms with E-state index in [0.717, 1.165) is 6.54 Å². The molecule has 8 nitrogen and oxygen atoms in total. The van der Waals surface area contributed by atoms with Gasteiger partial charge in [0.2, 0.25) is 0 Å². The maximum atomic E-state index is 12.8. The number of alkyl carbamates (subject to hydrolysis) is 1. The van der Waals surface area contributed by atoms with Crippen LogP contribution in [0.2, 0.25) is 0 Å². The van der Waals surface area contributed by atoms with Crippen LogP contribution in [-0.4, -0.2) is 73.9 Å². The first-order chi connectivity index (χ1) is 12.7. The van der Waals surface area contributed by atoms with E-state index in [-0.39, 0.29) is 12.1 Å². The molecule has 2 rings (SSSR count).